The number of ether oxygens (including phenoxy) is 1. The molecule has 2 fully saturated rings. The van der Waals surface area contributed by atoms with E-state index in [1.165, 1.54) is 38.4 Å². The topological polar surface area (TPSA) is 41.6 Å². The number of piperidine rings is 1. The molecule has 1 aromatic rings. The highest BCUT2D eigenvalue weighted by molar-refractivity contribution is 5.90. The van der Waals surface area contributed by atoms with Crippen LogP contribution in [0.3, 0.4) is 0 Å². The molecule has 2 atom stereocenters. The fraction of sp³-hybridized carbons (Fsp3) is 0.588. The average Bonchev–Trinajstić information content (AvgIpc) is 2.71. The zero-order valence-corrected chi connectivity index (χ0v) is 13.1. The van der Waals surface area contributed by atoms with E-state index in [9.17, 15) is 4.79 Å². The Balaban J connectivity index is 1.74. The molecule has 4 nitrogen and oxygen atoms in total. The molecule has 0 aliphatic carbocycles. The molecule has 2 aliphatic rings. The number of rotatable bonds is 3. The lowest BCUT2D eigenvalue weighted by Gasteiger charge is -2.37. The molecule has 114 valence electrons. The number of hydrogen-bond acceptors (Lipinski definition) is 4. The summed E-state index contributed by atoms with van der Waals surface area (Å²) in [6.45, 7) is 2.08. The monoisotopic (exact) mass is 288 g/mol. The molecule has 2 saturated heterocycles. The molecule has 1 aromatic carbocycles. The second-order valence-electron chi connectivity index (χ2n) is 6.38. The van der Waals surface area contributed by atoms with Gasteiger partial charge >= 0.3 is 5.97 Å². The van der Waals surface area contributed by atoms with Crippen molar-refractivity contribution in [1.29, 1.82) is 0 Å². The van der Waals surface area contributed by atoms with Gasteiger partial charge in [0.2, 0.25) is 0 Å². The van der Waals surface area contributed by atoms with Gasteiger partial charge in [-0.1, -0.05) is 6.07 Å². The smallest absolute Gasteiger partial charge is 0.337 e. The van der Waals surface area contributed by atoms with Crippen LogP contribution in [0, 0.1) is 6.92 Å². The summed E-state index contributed by atoms with van der Waals surface area (Å²) in [5, 5.41) is 3.66. The van der Waals surface area contributed by atoms with E-state index in [1.54, 1.807) is 0 Å². The van der Waals surface area contributed by atoms with Gasteiger partial charge < -0.3 is 15.0 Å². The Kier molecular flexibility index (Phi) is 3.89. The summed E-state index contributed by atoms with van der Waals surface area (Å²) in [7, 11) is 3.67. The Bertz CT molecular complexity index is 530. The highest BCUT2D eigenvalue weighted by atomic mass is 16.5. The molecule has 0 spiro atoms. The van der Waals surface area contributed by atoms with Gasteiger partial charge in [-0.05, 0) is 57.4 Å². The van der Waals surface area contributed by atoms with Gasteiger partial charge in [-0.3, -0.25) is 0 Å². The van der Waals surface area contributed by atoms with Crippen molar-refractivity contribution >= 4 is 11.7 Å². The van der Waals surface area contributed by atoms with Gasteiger partial charge in [0.05, 0.1) is 12.7 Å². The Morgan fingerprint density at radius 3 is 2.57 bits per heavy atom. The van der Waals surface area contributed by atoms with Crippen molar-refractivity contribution < 1.29 is 9.53 Å². The number of esters is 1. The van der Waals surface area contributed by atoms with Gasteiger partial charge in [0.25, 0.3) is 0 Å². The number of carbonyl (C=O) groups is 1. The Morgan fingerprint density at radius 2 is 1.95 bits per heavy atom. The molecule has 2 heterocycles. The first-order chi connectivity index (χ1) is 10.1. The molecule has 0 radical (unpaired) electrons. The third-order valence-corrected chi connectivity index (χ3v) is 5.12. The summed E-state index contributed by atoms with van der Waals surface area (Å²) in [5.74, 6) is -0.276. The number of fused-ring (bicyclic) bond motifs is 2. The highest BCUT2D eigenvalue weighted by Gasteiger charge is 2.38. The van der Waals surface area contributed by atoms with E-state index in [1.807, 2.05) is 18.2 Å². The zero-order valence-electron chi connectivity index (χ0n) is 13.1. The van der Waals surface area contributed by atoms with Crippen molar-refractivity contribution in [2.24, 2.45) is 0 Å². The summed E-state index contributed by atoms with van der Waals surface area (Å²) in [6.07, 6.45) is 5.02. The van der Waals surface area contributed by atoms with Gasteiger partial charge in [-0.2, -0.15) is 0 Å². The standard InChI is InChI=1S/C17H24N2O2/c1-11-4-5-12(17(20)21-3)8-16(11)18-13-9-14-6-7-15(10-13)19(14)2/h4-5,8,13-15,18H,6-7,9-10H2,1-3H3. The second kappa shape index (κ2) is 5.68. The van der Waals surface area contributed by atoms with E-state index < -0.39 is 0 Å². The number of aryl methyl sites for hydroxylation is 1. The molecule has 2 bridgehead atoms. The molecule has 4 heteroatoms. The van der Waals surface area contributed by atoms with Crippen LogP contribution >= 0.6 is 0 Å². The van der Waals surface area contributed by atoms with E-state index in [-0.39, 0.29) is 5.97 Å². The van der Waals surface area contributed by atoms with E-state index in [2.05, 4.69) is 24.2 Å². The highest BCUT2D eigenvalue weighted by Crippen LogP contribution is 2.35. The fourth-order valence-electron chi connectivity index (χ4n) is 3.77. The van der Waals surface area contributed by atoms with E-state index in [0.29, 0.717) is 23.7 Å². The summed E-state index contributed by atoms with van der Waals surface area (Å²) in [4.78, 5) is 14.2. The molecule has 0 aromatic heterocycles. The van der Waals surface area contributed by atoms with Crippen molar-refractivity contribution in [3.8, 4) is 0 Å². The lowest BCUT2D eigenvalue weighted by Crippen LogP contribution is -2.44. The SMILES string of the molecule is COC(=O)c1ccc(C)c(NC2CC3CCC(C2)N3C)c1. The van der Waals surface area contributed by atoms with Crippen LogP contribution in [0.2, 0.25) is 0 Å². The summed E-state index contributed by atoms with van der Waals surface area (Å²) < 4.78 is 4.81. The first-order valence-electron chi connectivity index (χ1n) is 7.76. The zero-order chi connectivity index (χ0) is 15.0. The van der Waals surface area contributed by atoms with Crippen LogP contribution in [0.25, 0.3) is 0 Å². The normalized spacial score (nSPS) is 28.4. The summed E-state index contributed by atoms with van der Waals surface area (Å²) >= 11 is 0. The van der Waals surface area contributed by atoms with Crippen molar-refractivity contribution in [3.05, 3.63) is 29.3 Å². The molecule has 21 heavy (non-hydrogen) atoms. The molecule has 1 N–H and O–H groups in total. The predicted molar refractivity (Wildman–Crippen MR) is 83.7 cm³/mol. The van der Waals surface area contributed by atoms with Crippen molar-refractivity contribution in [2.45, 2.75) is 50.7 Å². The van der Waals surface area contributed by atoms with Gasteiger partial charge in [0, 0.05) is 23.8 Å². The maximum absolute atomic E-state index is 11.7. The Morgan fingerprint density at radius 1 is 1.29 bits per heavy atom. The largest absolute Gasteiger partial charge is 0.465 e. The van der Waals surface area contributed by atoms with Crippen LogP contribution in [-0.4, -0.2) is 43.2 Å². The molecular weight excluding hydrogens is 264 g/mol. The number of anilines is 1. The fourth-order valence-corrected chi connectivity index (χ4v) is 3.77. The van der Waals surface area contributed by atoms with Crippen LogP contribution in [0.4, 0.5) is 5.69 Å². The first-order valence-corrected chi connectivity index (χ1v) is 7.76. The van der Waals surface area contributed by atoms with Gasteiger partial charge in [0.1, 0.15) is 0 Å². The summed E-state index contributed by atoms with van der Waals surface area (Å²) in [6, 6.07) is 7.66. The number of hydrogen-bond donors (Lipinski definition) is 1. The number of nitrogens with one attached hydrogen (secondary N) is 1. The predicted octanol–water partition coefficient (Wildman–Crippen LogP) is 2.82. The van der Waals surface area contributed by atoms with Gasteiger partial charge in [0.15, 0.2) is 0 Å². The maximum Gasteiger partial charge on any atom is 0.337 e. The van der Waals surface area contributed by atoms with Crippen LogP contribution in [0.15, 0.2) is 18.2 Å². The minimum Gasteiger partial charge on any atom is -0.465 e. The quantitative estimate of drug-likeness (QED) is 0.868. The van der Waals surface area contributed by atoms with Crippen LogP contribution in [-0.2, 0) is 4.74 Å². The molecule has 0 saturated carbocycles. The van der Waals surface area contributed by atoms with Crippen molar-refractivity contribution in [1.82, 2.24) is 4.90 Å². The maximum atomic E-state index is 11.7. The first kappa shape index (κ1) is 14.4. The van der Waals surface area contributed by atoms with Crippen LogP contribution < -0.4 is 5.32 Å². The minimum absolute atomic E-state index is 0.276. The number of methoxy groups -OCH3 is 1. The minimum atomic E-state index is -0.276. The number of benzene rings is 1. The third kappa shape index (κ3) is 2.77. The van der Waals surface area contributed by atoms with E-state index >= 15 is 0 Å². The van der Waals surface area contributed by atoms with Crippen LogP contribution in [0.5, 0.6) is 0 Å². The lowest BCUT2D eigenvalue weighted by atomic mass is 9.97. The average molecular weight is 288 g/mol. The second-order valence-corrected chi connectivity index (χ2v) is 6.38. The Labute approximate surface area is 126 Å². The number of nitrogens with zero attached hydrogens (tertiary/aromatic N) is 1. The molecule has 3 rings (SSSR count). The third-order valence-electron chi connectivity index (χ3n) is 5.12. The molecular formula is C17H24N2O2. The molecule has 0 amide bonds. The van der Waals surface area contributed by atoms with E-state index in [4.69, 9.17) is 4.74 Å². The lowest BCUT2D eigenvalue weighted by molar-refractivity contribution is 0.0601. The molecule has 2 aliphatic heterocycles. The Hall–Kier alpha value is -1.55. The van der Waals surface area contributed by atoms with Crippen LogP contribution in [0.1, 0.15) is 41.6 Å². The van der Waals surface area contributed by atoms with E-state index in [0.717, 1.165) is 5.69 Å². The molecule has 2 unspecified atom stereocenters. The van der Waals surface area contributed by atoms with Crippen molar-refractivity contribution in [2.75, 3.05) is 19.5 Å². The van der Waals surface area contributed by atoms with Gasteiger partial charge in [-0.15, -0.1) is 0 Å². The van der Waals surface area contributed by atoms with Gasteiger partial charge in [-0.25, -0.2) is 4.79 Å². The van der Waals surface area contributed by atoms with Crippen molar-refractivity contribution in [3.63, 3.8) is 0 Å². The number of carbonyl (C=O) groups excluding carboxylic acids is 1. The summed E-state index contributed by atoms with van der Waals surface area (Å²) in [5.41, 5.74) is 2.85.